The molecular formula is C22H25N3O2S2. The van der Waals surface area contributed by atoms with Crippen molar-refractivity contribution in [2.75, 3.05) is 11.9 Å². The topological polar surface area (TPSA) is 74.2 Å². The molecule has 0 spiro atoms. The number of amides is 1. The van der Waals surface area contributed by atoms with Crippen LogP contribution in [0.15, 0.2) is 24.3 Å². The molecule has 0 saturated heterocycles. The Hall–Kier alpha value is -2.43. The van der Waals surface area contributed by atoms with Crippen LogP contribution < -0.4 is 15.4 Å². The number of benzene rings is 1. The quantitative estimate of drug-likeness (QED) is 0.673. The minimum atomic E-state index is -0.338. The van der Waals surface area contributed by atoms with Crippen LogP contribution in [-0.4, -0.2) is 17.6 Å². The number of nitriles is 1. The van der Waals surface area contributed by atoms with Gasteiger partial charge in [-0.15, -0.1) is 11.3 Å². The van der Waals surface area contributed by atoms with E-state index in [4.69, 9.17) is 17.0 Å². The van der Waals surface area contributed by atoms with E-state index < -0.39 is 0 Å². The average Bonchev–Trinajstić information content (AvgIpc) is 3.02. The van der Waals surface area contributed by atoms with E-state index in [0.717, 1.165) is 30.4 Å². The van der Waals surface area contributed by atoms with Gasteiger partial charge in [0.2, 0.25) is 0 Å². The van der Waals surface area contributed by atoms with Crippen LogP contribution >= 0.6 is 23.6 Å². The molecule has 2 N–H and O–H groups in total. The van der Waals surface area contributed by atoms with Crippen LogP contribution in [0.5, 0.6) is 5.75 Å². The lowest BCUT2D eigenvalue weighted by Gasteiger charge is -2.17. The maximum Gasteiger partial charge on any atom is 0.264 e. The van der Waals surface area contributed by atoms with Crippen LogP contribution in [0.25, 0.3) is 0 Å². The van der Waals surface area contributed by atoms with Crippen molar-refractivity contribution in [3.8, 4) is 11.8 Å². The third-order valence-electron chi connectivity index (χ3n) is 5.00. The highest BCUT2D eigenvalue weighted by Gasteiger charge is 2.24. The number of rotatable bonds is 5. The zero-order valence-corrected chi connectivity index (χ0v) is 18.5. The largest absolute Gasteiger partial charge is 0.483 e. The minimum absolute atomic E-state index is 0.130. The van der Waals surface area contributed by atoms with Gasteiger partial charge >= 0.3 is 0 Å². The lowest BCUT2D eigenvalue weighted by molar-refractivity contribution is -0.121. The SMILES string of the molecule is CC1CCc2c(sc(NC(=S)NC(=O)COc3ccccc3C(C)C)c2C#N)C1. The van der Waals surface area contributed by atoms with E-state index in [-0.39, 0.29) is 17.6 Å². The number of nitrogens with zero attached hydrogens (tertiary/aromatic N) is 1. The highest BCUT2D eigenvalue weighted by atomic mass is 32.1. The Bertz CT molecular complexity index is 959. The number of nitrogens with one attached hydrogen (secondary N) is 2. The van der Waals surface area contributed by atoms with Crippen LogP contribution in [0.4, 0.5) is 5.00 Å². The molecular weight excluding hydrogens is 402 g/mol. The van der Waals surface area contributed by atoms with E-state index in [1.165, 1.54) is 4.88 Å². The summed E-state index contributed by atoms with van der Waals surface area (Å²) in [6, 6.07) is 9.98. The van der Waals surface area contributed by atoms with Crippen molar-refractivity contribution < 1.29 is 9.53 Å². The molecule has 3 rings (SSSR count). The number of para-hydroxylation sites is 1. The van der Waals surface area contributed by atoms with Crippen molar-refractivity contribution in [2.24, 2.45) is 5.92 Å². The number of ether oxygens (including phenoxy) is 1. The predicted molar refractivity (Wildman–Crippen MR) is 121 cm³/mol. The van der Waals surface area contributed by atoms with Gasteiger partial charge in [0.1, 0.15) is 16.8 Å². The van der Waals surface area contributed by atoms with Crippen molar-refractivity contribution in [3.05, 3.63) is 45.8 Å². The Morgan fingerprint density at radius 2 is 2.17 bits per heavy atom. The van der Waals surface area contributed by atoms with Gasteiger partial charge in [-0.3, -0.25) is 10.1 Å². The first-order chi connectivity index (χ1) is 13.9. The molecule has 0 saturated carbocycles. The van der Waals surface area contributed by atoms with Gasteiger partial charge < -0.3 is 10.1 Å². The number of anilines is 1. The van der Waals surface area contributed by atoms with Gasteiger partial charge in [0, 0.05) is 4.88 Å². The van der Waals surface area contributed by atoms with E-state index in [1.807, 2.05) is 24.3 Å². The maximum atomic E-state index is 12.3. The monoisotopic (exact) mass is 427 g/mol. The number of hydrogen-bond donors (Lipinski definition) is 2. The molecule has 1 amide bonds. The van der Waals surface area contributed by atoms with E-state index in [2.05, 4.69) is 37.5 Å². The van der Waals surface area contributed by atoms with Gasteiger partial charge in [0.15, 0.2) is 11.7 Å². The Kier molecular flexibility index (Phi) is 6.88. The van der Waals surface area contributed by atoms with E-state index >= 15 is 0 Å². The third kappa shape index (κ3) is 5.14. The fourth-order valence-electron chi connectivity index (χ4n) is 3.49. The summed E-state index contributed by atoms with van der Waals surface area (Å²) in [7, 11) is 0. The molecule has 2 aromatic rings. The first-order valence-electron chi connectivity index (χ1n) is 9.76. The molecule has 0 bridgehead atoms. The Labute approximate surface area is 181 Å². The third-order valence-corrected chi connectivity index (χ3v) is 6.38. The maximum absolute atomic E-state index is 12.3. The molecule has 0 fully saturated rings. The second-order valence-electron chi connectivity index (χ2n) is 7.65. The van der Waals surface area contributed by atoms with Crippen molar-refractivity contribution in [1.82, 2.24) is 5.32 Å². The number of fused-ring (bicyclic) bond motifs is 1. The molecule has 152 valence electrons. The number of hydrogen-bond acceptors (Lipinski definition) is 5. The zero-order chi connectivity index (χ0) is 21.0. The van der Waals surface area contributed by atoms with Gasteiger partial charge in [0.05, 0.1) is 5.56 Å². The molecule has 1 unspecified atom stereocenters. The number of carbonyl (C=O) groups is 1. The molecule has 0 aliphatic heterocycles. The van der Waals surface area contributed by atoms with Gasteiger partial charge in [-0.05, 0) is 60.5 Å². The zero-order valence-electron chi connectivity index (χ0n) is 16.9. The molecule has 29 heavy (non-hydrogen) atoms. The van der Waals surface area contributed by atoms with Gasteiger partial charge in [0.25, 0.3) is 5.91 Å². The summed E-state index contributed by atoms with van der Waals surface area (Å²) in [5.74, 6) is 1.28. The van der Waals surface area contributed by atoms with Crippen LogP contribution in [0.2, 0.25) is 0 Å². The molecule has 1 aromatic heterocycles. The number of thiocarbonyl (C=S) groups is 1. The summed E-state index contributed by atoms with van der Waals surface area (Å²) in [5, 5.41) is 16.1. The van der Waals surface area contributed by atoms with Gasteiger partial charge in [-0.2, -0.15) is 5.26 Å². The second-order valence-corrected chi connectivity index (χ2v) is 9.16. The van der Waals surface area contributed by atoms with Crippen LogP contribution in [-0.2, 0) is 17.6 Å². The summed E-state index contributed by atoms with van der Waals surface area (Å²) in [4.78, 5) is 13.5. The van der Waals surface area contributed by atoms with E-state index in [0.29, 0.717) is 28.1 Å². The molecule has 1 aliphatic rings. The smallest absolute Gasteiger partial charge is 0.264 e. The van der Waals surface area contributed by atoms with E-state index in [1.54, 1.807) is 11.3 Å². The lowest BCUT2D eigenvalue weighted by Crippen LogP contribution is -2.37. The van der Waals surface area contributed by atoms with Crippen molar-refractivity contribution in [2.45, 2.75) is 46.0 Å². The molecule has 1 heterocycles. The highest BCUT2D eigenvalue weighted by molar-refractivity contribution is 7.80. The molecule has 1 aromatic carbocycles. The molecule has 7 heteroatoms. The van der Waals surface area contributed by atoms with Crippen molar-refractivity contribution in [1.29, 1.82) is 5.26 Å². The standard InChI is InChI=1S/C22H25N3O2S2/c1-13(2)15-6-4-5-7-18(15)27-12-20(26)24-22(28)25-21-17(11-23)16-9-8-14(3)10-19(16)29-21/h4-7,13-14H,8-10,12H2,1-3H3,(H2,24,25,26,28). The second kappa shape index (κ2) is 9.38. The van der Waals surface area contributed by atoms with Crippen molar-refractivity contribution in [3.63, 3.8) is 0 Å². The Balaban J connectivity index is 1.59. The van der Waals surface area contributed by atoms with Gasteiger partial charge in [-0.25, -0.2) is 0 Å². The Morgan fingerprint density at radius 3 is 2.90 bits per heavy atom. The first-order valence-corrected chi connectivity index (χ1v) is 11.0. The van der Waals surface area contributed by atoms with E-state index in [9.17, 15) is 10.1 Å². The molecule has 1 atom stereocenters. The fourth-order valence-corrected chi connectivity index (χ4v) is 5.13. The fraction of sp³-hybridized carbons (Fsp3) is 0.409. The lowest BCUT2D eigenvalue weighted by atomic mass is 9.89. The van der Waals surface area contributed by atoms with Crippen LogP contribution in [0.1, 0.15) is 54.7 Å². The van der Waals surface area contributed by atoms with Gasteiger partial charge in [-0.1, -0.05) is 39.0 Å². The summed E-state index contributed by atoms with van der Waals surface area (Å²) in [6.45, 7) is 6.25. The minimum Gasteiger partial charge on any atom is -0.483 e. The van der Waals surface area contributed by atoms with Crippen LogP contribution in [0, 0.1) is 17.2 Å². The molecule has 0 radical (unpaired) electrons. The highest BCUT2D eigenvalue weighted by Crippen LogP contribution is 2.39. The molecule has 1 aliphatic carbocycles. The summed E-state index contributed by atoms with van der Waals surface area (Å²) >= 11 is 6.84. The Morgan fingerprint density at radius 1 is 1.41 bits per heavy atom. The normalized spacial score (nSPS) is 15.3. The summed E-state index contributed by atoms with van der Waals surface area (Å²) < 4.78 is 5.69. The predicted octanol–water partition coefficient (Wildman–Crippen LogP) is 4.76. The average molecular weight is 428 g/mol. The van der Waals surface area contributed by atoms with Crippen LogP contribution in [0.3, 0.4) is 0 Å². The molecule has 5 nitrogen and oxygen atoms in total. The number of carbonyl (C=O) groups excluding carboxylic acids is 1. The first kappa shape index (κ1) is 21.3. The number of thiophene rings is 1. The summed E-state index contributed by atoms with van der Waals surface area (Å²) in [5.41, 5.74) is 2.83. The summed E-state index contributed by atoms with van der Waals surface area (Å²) in [6.07, 6.45) is 2.99. The van der Waals surface area contributed by atoms with Crippen molar-refractivity contribution >= 4 is 39.6 Å².